The molecule has 2 aliphatic rings. The zero-order chi connectivity index (χ0) is 71.5. The van der Waals surface area contributed by atoms with Crippen molar-refractivity contribution in [2.45, 2.75) is 77.2 Å². The molecule has 5 nitrogen and oxygen atoms in total. The van der Waals surface area contributed by atoms with Crippen LogP contribution >= 0.6 is 0 Å². The molecule has 4 heterocycles. The van der Waals surface area contributed by atoms with E-state index < -0.39 is 162 Å². The number of pyridine rings is 1. The Labute approximate surface area is 474 Å². The fourth-order valence-corrected chi connectivity index (χ4v) is 9.77. The second kappa shape index (κ2) is 16.9. The molecule has 0 amide bonds. The minimum Gasteiger partial charge on any atom is -0.509 e. The van der Waals surface area contributed by atoms with Crippen LogP contribution in [0.25, 0.3) is 94.5 Å². The Bertz CT molecular complexity index is 5230. The summed E-state index contributed by atoms with van der Waals surface area (Å²) in [6.45, 7) is -11.5. The molecule has 11 aromatic rings. The second-order valence-electron chi connectivity index (χ2n) is 18.6. The summed E-state index contributed by atoms with van der Waals surface area (Å²) in [6.07, 6.45) is -6.29. The minimum atomic E-state index is -4.72. The van der Waals surface area contributed by atoms with E-state index in [0.717, 1.165) is 21.9 Å². The van der Waals surface area contributed by atoms with E-state index in [-0.39, 0.29) is 71.5 Å². The smallest absolute Gasteiger partial charge is 0.253 e. The topological polar surface area (TPSA) is 35.9 Å². The molecule has 8 aromatic carbocycles. The third-order valence-electron chi connectivity index (χ3n) is 13.1. The van der Waals surface area contributed by atoms with Crippen molar-refractivity contribution in [2.24, 2.45) is 0 Å². The van der Waals surface area contributed by atoms with Crippen molar-refractivity contribution in [1.82, 2.24) is 14.1 Å². The summed E-state index contributed by atoms with van der Waals surface area (Å²) >= 11 is 0. The Morgan fingerprint density at radius 3 is 2.07 bits per heavy atom. The third kappa shape index (κ3) is 7.30. The van der Waals surface area contributed by atoms with Crippen molar-refractivity contribution < 1.29 is 67.4 Å². The number of ether oxygens (including phenoxy) is 1. The maximum atomic E-state index is 10.7. The van der Waals surface area contributed by atoms with Crippen molar-refractivity contribution >= 4 is 32.8 Å². The van der Waals surface area contributed by atoms with Crippen LogP contribution in [0.4, 0.5) is 0 Å². The summed E-state index contributed by atoms with van der Waals surface area (Å²) in [5.41, 5.74) is -15.4. The van der Waals surface area contributed by atoms with Crippen molar-refractivity contribution in [3.05, 3.63) is 211 Å². The summed E-state index contributed by atoms with van der Waals surface area (Å²) in [7, 11) is 0. The van der Waals surface area contributed by atoms with Crippen LogP contribution in [0.5, 0.6) is 11.5 Å². The van der Waals surface area contributed by atoms with Crippen LogP contribution in [-0.4, -0.2) is 14.1 Å². The van der Waals surface area contributed by atoms with Gasteiger partial charge in [0.15, 0.2) is 11.0 Å². The van der Waals surface area contributed by atoms with E-state index in [4.69, 9.17) is 30.3 Å². The number of benzene rings is 8. The molecule has 1 aliphatic heterocycles. The molecule has 72 heavy (non-hydrogen) atoms. The third-order valence-corrected chi connectivity index (χ3v) is 13.1. The van der Waals surface area contributed by atoms with E-state index >= 15 is 0 Å². The zero-order valence-electron chi connectivity index (χ0n) is 65.5. The molecule has 0 bridgehead atoms. The second-order valence-corrected chi connectivity index (χ2v) is 18.6. The summed E-state index contributed by atoms with van der Waals surface area (Å²) in [5, 5.41) is 1.76. The molecule has 0 fully saturated rings. The minimum absolute atomic E-state index is 0. The van der Waals surface area contributed by atoms with Crippen LogP contribution in [0.3, 0.4) is 0 Å². The maximum absolute atomic E-state index is 10.7. The van der Waals surface area contributed by atoms with Gasteiger partial charge in [-0.1, -0.05) is 157 Å². The van der Waals surface area contributed by atoms with Crippen LogP contribution in [-0.2, 0) is 37.3 Å². The van der Waals surface area contributed by atoms with Gasteiger partial charge in [0.2, 0.25) is 0 Å². The number of nitrogens with zero attached hydrogens (tertiary/aromatic N) is 4. The predicted octanol–water partition coefficient (Wildman–Crippen LogP) is 16.4. The molecular weight excluding hydrogens is 1060 g/mol. The summed E-state index contributed by atoms with van der Waals surface area (Å²) in [5.74, 6) is 0.980. The van der Waals surface area contributed by atoms with Crippen LogP contribution in [0, 0.1) is 12.1 Å². The summed E-state index contributed by atoms with van der Waals surface area (Å²) in [6, 6.07) is 23.8. The summed E-state index contributed by atoms with van der Waals surface area (Å²) < 4.78 is 265. The number of aromatic nitrogens is 4. The molecule has 0 unspecified atom stereocenters. The van der Waals surface area contributed by atoms with Gasteiger partial charge in [0.1, 0.15) is 11.5 Å². The van der Waals surface area contributed by atoms with Crippen LogP contribution in [0.15, 0.2) is 182 Å². The Morgan fingerprint density at radius 1 is 0.653 bits per heavy atom. The standard InChI is InChI=1S/C66H55N4O.Pt/c1-64(2,3)43-32-35-67-61(36-43)70-58-28-14-13-24-50(58)51-31-30-46(38-60(51)70)71-45-21-15-20-44(37-45)68-41-69-62-47(42-18-9-8-10-19-42)25-16-26-53(62)55-40-57-56(65(4,5)33-34-66(57,6)7)39-54(55)49-23-12-11-22-48(49)52-27-17-29-59(68)63(52)69;/h8-32,35-36,39-41H,33-34H2,1-7H3;/q-1;/i4D3,5D3,6D3,7D3,8D,9D,10D,11D,12D,18D,19D,22D,23D,33D2,34D2,39D,40D;. The number of para-hydroxylation sites is 3. The molecule has 0 atom stereocenters. The average molecular weight is 1140 g/mol. The van der Waals surface area contributed by atoms with E-state index in [2.05, 4.69) is 32.9 Å². The van der Waals surface area contributed by atoms with Crippen molar-refractivity contribution in [2.75, 3.05) is 0 Å². The fourth-order valence-electron chi connectivity index (χ4n) is 9.77. The van der Waals surface area contributed by atoms with Crippen molar-refractivity contribution in [3.8, 4) is 73.2 Å². The zero-order valence-corrected chi connectivity index (χ0v) is 40.8. The van der Waals surface area contributed by atoms with Gasteiger partial charge < -0.3 is 9.30 Å². The number of hydrogen-bond acceptors (Lipinski definition) is 2. The first-order valence-electron chi connectivity index (χ1n) is 36.1. The molecular formula is C66H55N4OPt-. The molecule has 356 valence electrons. The molecule has 13 rings (SSSR count). The van der Waals surface area contributed by atoms with Crippen LogP contribution < -0.4 is 9.30 Å². The molecule has 0 radical (unpaired) electrons. The average Bonchev–Trinajstić information content (AvgIpc) is 0.926. The van der Waals surface area contributed by atoms with Gasteiger partial charge in [0.25, 0.3) is 6.33 Å². The first kappa shape index (κ1) is 24.9. The Balaban J connectivity index is 0.00000931. The first-order valence-corrected chi connectivity index (χ1v) is 22.6. The SMILES string of the molecule is [2H]c1c([2H])c([2H])c(-c2cccc3c2-[n+]2cn(-c4[c-]c(Oc5[c-]c6c(cc5)c5ccccc5n6-c5cc(C(C)(C)C)ccn5)ccc4)c4cccc(c42)-c2c([2H])c([2H])c([2H])c([2H])c2-c2c([2H])c4c(c([2H])c2-3)C(C([2H])([2H])[2H])(C([2H])([2H])[2H])C([2H])([2H])C([2H])([2H])C4(C([2H])([2H])[2H])C([2H])([2H])[2H])c([2H])c1[2H].[Pt]. The van der Waals surface area contributed by atoms with Crippen LogP contribution in [0.2, 0.25) is 0 Å². The van der Waals surface area contributed by atoms with E-state index in [1.807, 2.05) is 47.0 Å². The van der Waals surface area contributed by atoms with Gasteiger partial charge in [-0.15, -0.1) is 29.7 Å². The molecule has 0 spiro atoms. The number of imidazole rings is 1. The van der Waals surface area contributed by atoms with E-state index in [9.17, 15) is 16.4 Å². The van der Waals surface area contributed by atoms with Gasteiger partial charge in [-0.3, -0.25) is 0 Å². The first-order chi connectivity index (χ1) is 45.4. The largest absolute Gasteiger partial charge is 0.509 e. The quantitative estimate of drug-likeness (QED) is 0.127. The van der Waals surface area contributed by atoms with Crippen LogP contribution in [0.1, 0.15) is 115 Å². The van der Waals surface area contributed by atoms with E-state index in [1.165, 1.54) is 45.8 Å². The number of rotatable bonds is 5. The predicted molar refractivity (Wildman–Crippen MR) is 290 cm³/mol. The molecule has 3 aromatic heterocycles. The van der Waals surface area contributed by atoms with E-state index in [0.29, 0.717) is 11.3 Å². The van der Waals surface area contributed by atoms with Gasteiger partial charge in [0, 0.05) is 88.6 Å². The van der Waals surface area contributed by atoms with Gasteiger partial charge in [0.05, 0.1) is 15.1 Å². The van der Waals surface area contributed by atoms with Crippen molar-refractivity contribution in [1.29, 1.82) is 0 Å². The fraction of sp³-hybridized carbons (Fsp3) is 0.182. The van der Waals surface area contributed by atoms with Gasteiger partial charge in [-0.05, 0) is 121 Å². The number of fused-ring (bicyclic) bond motifs is 11. The normalized spacial score (nSPS) is 21.8. The van der Waals surface area contributed by atoms with Crippen molar-refractivity contribution in [3.63, 3.8) is 0 Å². The molecule has 0 saturated heterocycles. The molecule has 0 saturated carbocycles. The molecule has 6 heteroatoms. The van der Waals surface area contributed by atoms with Gasteiger partial charge >= 0.3 is 0 Å². The maximum Gasteiger partial charge on any atom is 0.253 e. The molecule has 1 aliphatic carbocycles. The van der Waals surface area contributed by atoms with Gasteiger partial charge in [-0.25, -0.2) is 9.55 Å². The van der Waals surface area contributed by atoms with Gasteiger partial charge in [-0.2, -0.15) is 16.7 Å². The Hall–Kier alpha value is -7.33. The Kier molecular flexibility index (Phi) is 5.83. The van der Waals surface area contributed by atoms with E-state index in [1.54, 1.807) is 36.5 Å². The number of hydrogen-bond donors (Lipinski definition) is 0. The Morgan fingerprint density at radius 2 is 1.31 bits per heavy atom. The summed E-state index contributed by atoms with van der Waals surface area (Å²) in [4.78, 5) is 4.78. The monoisotopic (exact) mass is 1140 g/mol. The molecule has 0 N–H and O–H groups in total.